The maximum atomic E-state index is 13.1. The third-order valence-corrected chi connectivity index (χ3v) is 5.09. The Labute approximate surface area is 167 Å². The molecular weight excluding hydrogens is 354 g/mol. The molecule has 0 bridgehead atoms. The van der Waals surface area contributed by atoms with Crippen molar-refractivity contribution >= 4 is 17.4 Å². The summed E-state index contributed by atoms with van der Waals surface area (Å²) in [6.45, 7) is 8.19. The van der Waals surface area contributed by atoms with Crippen molar-refractivity contribution < 1.29 is 14.3 Å². The predicted molar refractivity (Wildman–Crippen MR) is 112 cm³/mol. The van der Waals surface area contributed by atoms with Gasteiger partial charge < -0.3 is 14.6 Å². The number of nitrogens with one attached hydrogen (secondary N) is 1. The van der Waals surface area contributed by atoms with Gasteiger partial charge >= 0.3 is 5.97 Å². The Morgan fingerprint density at radius 3 is 2.25 bits per heavy atom. The van der Waals surface area contributed by atoms with Crippen LogP contribution >= 0.6 is 0 Å². The summed E-state index contributed by atoms with van der Waals surface area (Å²) in [5.41, 5.74) is 4.52. The second-order valence-electron chi connectivity index (χ2n) is 7.36. The molecule has 0 aliphatic heterocycles. The van der Waals surface area contributed by atoms with Crippen molar-refractivity contribution in [1.82, 2.24) is 9.88 Å². The van der Waals surface area contributed by atoms with Gasteiger partial charge in [0.2, 0.25) is 0 Å². The summed E-state index contributed by atoms with van der Waals surface area (Å²) in [7, 11) is 5.94. The number of carbonyl (C=O) groups is 2. The van der Waals surface area contributed by atoms with Crippen LogP contribution in [0.2, 0.25) is 0 Å². The number of hydrogen-bond acceptors (Lipinski definition) is 5. The van der Waals surface area contributed by atoms with Crippen molar-refractivity contribution in [3.8, 4) is 0 Å². The number of ketones is 1. The molecule has 0 saturated carbocycles. The minimum absolute atomic E-state index is 0.0384. The van der Waals surface area contributed by atoms with E-state index in [0.29, 0.717) is 35.7 Å². The van der Waals surface area contributed by atoms with Gasteiger partial charge in [0.25, 0.3) is 0 Å². The van der Waals surface area contributed by atoms with E-state index >= 15 is 0 Å². The number of hydrogen-bond donors (Lipinski definition) is 1. The van der Waals surface area contributed by atoms with Crippen molar-refractivity contribution in [2.75, 3.05) is 32.6 Å². The lowest BCUT2D eigenvalue weighted by Crippen LogP contribution is -2.36. The highest BCUT2D eigenvalue weighted by molar-refractivity contribution is 6.03. The molecule has 152 valence electrons. The Kier molecular flexibility index (Phi) is 7.02. The van der Waals surface area contributed by atoms with Gasteiger partial charge in [-0.2, -0.15) is 0 Å². The number of aromatic amines is 1. The average Bonchev–Trinajstić information content (AvgIpc) is 2.95. The Bertz CT molecular complexity index is 837. The van der Waals surface area contributed by atoms with Gasteiger partial charge in [0.15, 0.2) is 5.78 Å². The minimum atomic E-state index is -0.394. The molecule has 2 rings (SSSR count). The van der Waals surface area contributed by atoms with Crippen molar-refractivity contribution in [2.24, 2.45) is 0 Å². The Balaban J connectivity index is 2.15. The first-order valence-electron chi connectivity index (χ1n) is 9.54. The minimum Gasteiger partial charge on any atom is -0.462 e. The zero-order chi connectivity index (χ0) is 21.0. The summed E-state index contributed by atoms with van der Waals surface area (Å²) >= 11 is 0. The van der Waals surface area contributed by atoms with Gasteiger partial charge in [-0.15, -0.1) is 0 Å². The largest absolute Gasteiger partial charge is 0.462 e. The number of aromatic nitrogens is 1. The number of ether oxygens (including phenoxy) is 1. The fraction of sp³-hybridized carbons (Fsp3) is 0.455. The van der Waals surface area contributed by atoms with Gasteiger partial charge in [0, 0.05) is 32.0 Å². The van der Waals surface area contributed by atoms with E-state index in [1.807, 2.05) is 33.0 Å². The van der Waals surface area contributed by atoms with Crippen molar-refractivity contribution in [1.29, 1.82) is 0 Å². The van der Waals surface area contributed by atoms with E-state index in [1.54, 1.807) is 20.8 Å². The van der Waals surface area contributed by atoms with Crippen LogP contribution in [0.3, 0.4) is 0 Å². The highest BCUT2D eigenvalue weighted by Gasteiger charge is 2.27. The number of nitrogens with zero attached hydrogens (tertiary/aromatic N) is 2. The standard InChI is InChI=1S/C22H31N3O3/c1-8-28-22(27)19-14(2)20(23-15(19)3)21(26)16(4)25(7)13-17-9-11-18(12-10-17)24(5)6/h9-12,16,23H,8,13H2,1-7H3/t16-/m0/s1. The summed E-state index contributed by atoms with van der Waals surface area (Å²) in [4.78, 5) is 32.4. The van der Waals surface area contributed by atoms with E-state index in [-0.39, 0.29) is 11.8 Å². The number of carbonyl (C=O) groups excluding carboxylic acids is 2. The molecule has 0 aliphatic carbocycles. The average molecular weight is 386 g/mol. The fourth-order valence-electron chi connectivity index (χ4n) is 3.24. The molecule has 1 N–H and O–H groups in total. The monoisotopic (exact) mass is 385 g/mol. The van der Waals surface area contributed by atoms with E-state index in [0.717, 1.165) is 11.3 Å². The summed E-state index contributed by atoms with van der Waals surface area (Å²) in [6.07, 6.45) is 0. The lowest BCUT2D eigenvalue weighted by molar-refractivity contribution is 0.0525. The first kappa shape index (κ1) is 21.7. The van der Waals surface area contributed by atoms with Gasteiger partial charge in [0.05, 0.1) is 23.9 Å². The second-order valence-corrected chi connectivity index (χ2v) is 7.36. The van der Waals surface area contributed by atoms with Crippen LogP contribution < -0.4 is 4.90 Å². The van der Waals surface area contributed by atoms with Crippen LogP contribution in [0, 0.1) is 13.8 Å². The van der Waals surface area contributed by atoms with Crippen LogP contribution in [-0.4, -0.2) is 55.4 Å². The summed E-state index contributed by atoms with van der Waals surface area (Å²) < 4.78 is 5.11. The molecule has 0 radical (unpaired) electrons. The highest BCUT2D eigenvalue weighted by Crippen LogP contribution is 2.22. The molecule has 2 aromatic rings. The van der Waals surface area contributed by atoms with Gasteiger partial charge in [-0.25, -0.2) is 4.79 Å². The Morgan fingerprint density at radius 1 is 1.11 bits per heavy atom. The number of Topliss-reactive ketones (excluding diaryl/α,β-unsaturated/α-hetero) is 1. The summed E-state index contributed by atoms with van der Waals surface area (Å²) in [5, 5.41) is 0. The van der Waals surface area contributed by atoms with Crippen molar-refractivity contribution in [2.45, 2.75) is 40.3 Å². The van der Waals surface area contributed by atoms with Crippen LogP contribution in [-0.2, 0) is 11.3 Å². The molecule has 1 atom stereocenters. The van der Waals surface area contributed by atoms with Crippen LogP contribution in [0.4, 0.5) is 5.69 Å². The third-order valence-electron chi connectivity index (χ3n) is 5.09. The molecule has 1 aromatic heterocycles. The molecule has 0 unspecified atom stereocenters. The van der Waals surface area contributed by atoms with Crippen LogP contribution in [0.5, 0.6) is 0 Å². The molecule has 28 heavy (non-hydrogen) atoms. The molecule has 1 aromatic carbocycles. The normalized spacial score (nSPS) is 12.1. The summed E-state index contributed by atoms with van der Waals surface area (Å²) in [5.74, 6) is -0.432. The number of likely N-dealkylation sites (N-methyl/N-ethyl adjacent to an activating group) is 1. The molecule has 6 nitrogen and oxygen atoms in total. The number of aryl methyl sites for hydroxylation is 1. The number of anilines is 1. The molecule has 6 heteroatoms. The Hall–Kier alpha value is -2.60. The third kappa shape index (κ3) is 4.62. The van der Waals surface area contributed by atoms with E-state index in [2.05, 4.69) is 34.1 Å². The van der Waals surface area contributed by atoms with Gasteiger partial charge in [-0.1, -0.05) is 12.1 Å². The maximum Gasteiger partial charge on any atom is 0.340 e. The lowest BCUT2D eigenvalue weighted by atomic mass is 10.0. The number of H-pyrrole nitrogens is 1. The van der Waals surface area contributed by atoms with Crippen molar-refractivity contribution in [3.63, 3.8) is 0 Å². The quantitative estimate of drug-likeness (QED) is 0.556. The fourth-order valence-corrected chi connectivity index (χ4v) is 3.24. The van der Waals surface area contributed by atoms with Crippen LogP contribution in [0.15, 0.2) is 24.3 Å². The van der Waals surface area contributed by atoms with Gasteiger partial charge in [0.1, 0.15) is 0 Å². The first-order chi connectivity index (χ1) is 13.2. The van der Waals surface area contributed by atoms with E-state index in [4.69, 9.17) is 4.74 Å². The molecule has 0 amide bonds. The zero-order valence-corrected chi connectivity index (χ0v) is 17.9. The smallest absolute Gasteiger partial charge is 0.340 e. The molecule has 1 heterocycles. The van der Waals surface area contributed by atoms with E-state index in [1.165, 1.54) is 0 Å². The Morgan fingerprint density at radius 2 is 1.71 bits per heavy atom. The molecule has 0 aliphatic rings. The topological polar surface area (TPSA) is 65.6 Å². The first-order valence-corrected chi connectivity index (χ1v) is 9.54. The molecular formula is C22H31N3O3. The summed E-state index contributed by atoms with van der Waals surface area (Å²) in [6, 6.07) is 7.96. The maximum absolute atomic E-state index is 13.1. The predicted octanol–water partition coefficient (Wildman–Crippen LogP) is 3.58. The van der Waals surface area contributed by atoms with Crippen LogP contribution in [0.1, 0.15) is 51.5 Å². The van der Waals surface area contributed by atoms with Gasteiger partial charge in [-0.3, -0.25) is 9.69 Å². The van der Waals surface area contributed by atoms with E-state index < -0.39 is 5.97 Å². The van der Waals surface area contributed by atoms with Gasteiger partial charge in [-0.05, 0) is 58.0 Å². The van der Waals surface area contributed by atoms with Crippen LogP contribution in [0.25, 0.3) is 0 Å². The highest BCUT2D eigenvalue weighted by atomic mass is 16.5. The van der Waals surface area contributed by atoms with Crippen molar-refractivity contribution in [3.05, 3.63) is 52.3 Å². The molecule has 0 spiro atoms. The number of benzene rings is 1. The number of rotatable bonds is 8. The molecule has 0 saturated heterocycles. The SMILES string of the molecule is CCOC(=O)c1c(C)[nH]c(C(=O)[C@H](C)N(C)Cc2ccc(N(C)C)cc2)c1C. The lowest BCUT2D eigenvalue weighted by Gasteiger charge is -2.24. The molecule has 0 fully saturated rings. The number of esters is 1. The zero-order valence-electron chi connectivity index (χ0n) is 17.9. The van der Waals surface area contributed by atoms with E-state index in [9.17, 15) is 9.59 Å². The second kappa shape index (κ2) is 9.06.